The average Bonchev–Trinajstić information content (AvgIpc) is 2.64. The van der Waals surface area contributed by atoms with Crippen LogP contribution in [0.5, 0.6) is 0 Å². The van der Waals surface area contributed by atoms with Crippen LogP contribution in [-0.4, -0.2) is 16.9 Å². The molecule has 17 heavy (non-hydrogen) atoms. The lowest BCUT2D eigenvalue weighted by atomic mass is 10.3. The highest BCUT2D eigenvalue weighted by atomic mass is 35.5. The molecule has 0 aliphatic heterocycles. The summed E-state index contributed by atoms with van der Waals surface area (Å²) in [5.74, 6) is -0.570. The molecule has 2 aromatic rings. The molecule has 0 aliphatic rings. The van der Waals surface area contributed by atoms with Crippen LogP contribution < -0.4 is 5.56 Å². The molecule has 1 aromatic carbocycles. The molecule has 0 fully saturated rings. The zero-order chi connectivity index (χ0) is 12.4. The molecule has 2 rings (SSSR count). The predicted octanol–water partition coefficient (Wildman–Crippen LogP) is 2.10. The van der Waals surface area contributed by atoms with Crippen LogP contribution in [0.15, 0.2) is 29.1 Å². The van der Waals surface area contributed by atoms with Crippen LogP contribution in [0, 0.1) is 5.82 Å². The first kappa shape index (κ1) is 11.9. The summed E-state index contributed by atoms with van der Waals surface area (Å²) in [5, 5.41) is 2.83. The standard InChI is InChI=1S/C11H10ClFN2O2/c1-17-6-7-4-11(16)15(14-7)8-2-3-9(12)10(13)5-8/h2-5,14H,6H2,1H3. The van der Waals surface area contributed by atoms with Crippen molar-refractivity contribution in [3.05, 3.63) is 51.2 Å². The van der Waals surface area contributed by atoms with E-state index in [1.165, 1.54) is 30.0 Å². The number of hydrogen-bond donors (Lipinski definition) is 1. The van der Waals surface area contributed by atoms with Crippen molar-refractivity contribution in [3.63, 3.8) is 0 Å². The Labute approximate surface area is 102 Å². The van der Waals surface area contributed by atoms with E-state index in [1.807, 2.05) is 0 Å². The van der Waals surface area contributed by atoms with Crippen molar-refractivity contribution in [2.24, 2.45) is 0 Å². The van der Waals surface area contributed by atoms with Gasteiger partial charge in [-0.25, -0.2) is 9.07 Å². The van der Waals surface area contributed by atoms with E-state index in [0.717, 1.165) is 0 Å². The highest BCUT2D eigenvalue weighted by molar-refractivity contribution is 6.30. The SMILES string of the molecule is COCc1cc(=O)n(-c2ccc(Cl)c(F)c2)[nH]1. The third-order valence-electron chi connectivity index (χ3n) is 2.23. The predicted molar refractivity (Wildman–Crippen MR) is 62.1 cm³/mol. The summed E-state index contributed by atoms with van der Waals surface area (Å²) in [4.78, 5) is 11.6. The lowest BCUT2D eigenvalue weighted by Crippen LogP contribution is -2.13. The first-order chi connectivity index (χ1) is 8.11. The molecular formula is C11H10ClFN2O2. The van der Waals surface area contributed by atoms with E-state index < -0.39 is 5.82 Å². The molecule has 0 aliphatic carbocycles. The molecule has 6 heteroatoms. The molecule has 0 saturated heterocycles. The summed E-state index contributed by atoms with van der Waals surface area (Å²) in [6.07, 6.45) is 0. The van der Waals surface area contributed by atoms with E-state index in [4.69, 9.17) is 16.3 Å². The van der Waals surface area contributed by atoms with Crippen LogP contribution in [0.2, 0.25) is 5.02 Å². The van der Waals surface area contributed by atoms with E-state index in [9.17, 15) is 9.18 Å². The van der Waals surface area contributed by atoms with Gasteiger partial charge in [0.1, 0.15) is 5.82 Å². The maximum Gasteiger partial charge on any atom is 0.271 e. The zero-order valence-corrected chi connectivity index (χ0v) is 9.79. The molecule has 0 radical (unpaired) electrons. The number of aromatic amines is 1. The minimum absolute atomic E-state index is 0.0190. The summed E-state index contributed by atoms with van der Waals surface area (Å²) in [5.41, 5.74) is 0.728. The van der Waals surface area contributed by atoms with Crippen LogP contribution in [0.4, 0.5) is 4.39 Å². The smallest absolute Gasteiger partial charge is 0.271 e. The third kappa shape index (κ3) is 2.40. The Morgan fingerprint density at radius 1 is 1.47 bits per heavy atom. The van der Waals surface area contributed by atoms with E-state index >= 15 is 0 Å². The lowest BCUT2D eigenvalue weighted by molar-refractivity contribution is 0.181. The Morgan fingerprint density at radius 3 is 2.88 bits per heavy atom. The zero-order valence-electron chi connectivity index (χ0n) is 9.04. The summed E-state index contributed by atoms with van der Waals surface area (Å²) in [6, 6.07) is 5.54. The van der Waals surface area contributed by atoms with Crippen molar-refractivity contribution in [3.8, 4) is 5.69 Å². The molecule has 0 atom stereocenters. The molecule has 0 unspecified atom stereocenters. The number of halogens is 2. The van der Waals surface area contributed by atoms with Gasteiger partial charge >= 0.3 is 0 Å². The Morgan fingerprint density at radius 2 is 2.24 bits per heavy atom. The number of methoxy groups -OCH3 is 1. The van der Waals surface area contributed by atoms with Crippen molar-refractivity contribution in [2.45, 2.75) is 6.61 Å². The fraction of sp³-hybridized carbons (Fsp3) is 0.182. The monoisotopic (exact) mass is 256 g/mol. The lowest BCUT2D eigenvalue weighted by Gasteiger charge is -2.03. The van der Waals surface area contributed by atoms with Gasteiger partial charge in [-0.2, -0.15) is 0 Å². The maximum absolute atomic E-state index is 13.3. The summed E-state index contributed by atoms with van der Waals surface area (Å²) in [6.45, 7) is 0.290. The summed E-state index contributed by atoms with van der Waals surface area (Å²) >= 11 is 5.57. The largest absolute Gasteiger partial charge is 0.378 e. The minimum atomic E-state index is -0.570. The molecule has 0 amide bonds. The van der Waals surface area contributed by atoms with Gasteiger partial charge in [0.25, 0.3) is 5.56 Å². The van der Waals surface area contributed by atoms with Gasteiger partial charge < -0.3 is 4.74 Å². The summed E-state index contributed by atoms with van der Waals surface area (Å²) in [7, 11) is 1.53. The molecule has 1 N–H and O–H groups in total. The van der Waals surface area contributed by atoms with Crippen molar-refractivity contribution < 1.29 is 9.13 Å². The fourth-order valence-electron chi connectivity index (χ4n) is 1.49. The molecule has 1 heterocycles. The molecule has 90 valence electrons. The number of benzene rings is 1. The Kier molecular flexibility index (Phi) is 3.31. The van der Waals surface area contributed by atoms with Crippen molar-refractivity contribution in [1.29, 1.82) is 0 Å². The van der Waals surface area contributed by atoms with Crippen molar-refractivity contribution in [1.82, 2.24) is 9.78 Å². The first-order valence-electron chi connectivity index (χ1n) is 4.87. The van der Waals surface area contributed by atoms with Crippen LogP contribution >= 0.6 is 11.6 Å². The Hall–Kier alpha value is -1.59. The second-order valence-corrected chi connectivity index (χ2v) is 3.89. The topological polar surface area (TPSA) is 47.0 Å². The minimum Gasteiger partial charge on any atom is -0.378 e. The highest BCUT2D eigenvalue weighted by Gasteiger charge is 2.07. The van der Waals surface area contributed by atoms with Gasteiger partial charge in [0.2, 0.25) is 0 Å². The second kappa shape index (κ2) is 4.73. The molecule has 1 aromatic heterocycles. The van der Waals surface area contributed by atoms with Crippen molar-refractivity contribution in [2.75, 3.05) is 7.11 Å². The Bertz CT molecular complexity index is 591. The van der Waals surface area contributed by atoms with E-state index in [1.54, 1.807) is 6.07 Å². The van der Waals surface area contributed by atoms with E-state index in [-0.39, 0.29) is 17.2 Å². The van der Waals surface area contributed by atoms with Crippen LogP contribution in [0.1, 0.15) is 5.69 Å². The fourth-order valence-corrected chi connectivity index (χ4v) is 1.61. The van der Waals surface area contributed by atoms with Gasteiger partial charge in [-0.3, -0.25) is 9.89 Å². The molecular weight excluding hydrogens is 247 g/mol. The molecule has 0 saturated carbocycles. The first-order valence-corrected chi connectivity index (χ1v) is 5.25. The molecule has 0 spiro atoms. The van der Waals surface area contributed by atoms with Crippen molar-refractivity contribution >= 4 is 11.6 Å². The highest BCUT2D eigenvalue weighted by Crippen LogP contribution is 2.17. The van der Waals surface area contributed by atoms with Gasteiger partial charge in [0.05, 0.1) is 23.0 Å². The number of H-pyrrole nitrogens is 1. The number of nitrogens with one attached hydrogen (secondary N) is 1. The van der Waals surface area contributed by atoms with Crippen LogP contribution in [-0.2, 0) is 11.3 Å². The van der Waals surface area contributed by atoms with Gasteiger partial charge in [0.15, 0.2) is 0 Å². The van der Waals surface area contributed by atoms with Gasteiger partial charge in [-0.05, 0) is 12.1 Å². The quantitative estimate of drug-likeness (QED) is 0.914. The molecule has 0 bridgehead atoms. The number of ether oxygens (including phenoxy) is 1. The van der Waals surface area contributed by atoms with Crippen LogP contribution in [0.3, 0.4) is 0 Å². The Balaban J connectivity index is 2.45. The number of rotatable bonds is 3. The van der Waals surface area contributed by atoms with E-state index in [2.05, 4.69) is 5.10 Å². The number of hydrogen-bond acceptors (Lipinski definition) is 2. The average molecular weight is 257 g/mol. The maximum atomic E-state index is 13.3. The van der Waals surface area contributed by atoms with Crippen LogP contribution in [0.25, 0.3) is 5.69 Å². The van der Waals surface area contributed by atoms with E-state index in [0.29, 0.717) is 11.4 Å². The summed E-state index contributed by atoms with van der Waals surface area (Å²) < 4.78 is 19.4. The number of aromatic nitrogens is 2. The number of nitrogens with zero attached hydrogens (tertiary/aromatic N) is 1. The van der Waals surface area contributed by atoms with Gasteiger partial charge in [0, 0.05) is 19.2 Å². The van der Waals surface area contributed by atoms with Gasteiger partial charge in [-0.1, -0.05) is 11.6 Å². The normalized spacial score (nSPS) is 10.8. The third-order valence-corrected chi connectivity index (χ3v) is 2.54. The second-order valence-electron chi connectivity index (χ2n) is 3.49. The van der Waals surface area contributed by atoms with Gasteiger partial charge in [-0.15, -0.1) is 0 Å². The molecule has 4 nitrogen and oxygen atoms in total.